The van der Waals surface area contributed by atoms with E-state index in [0.29, 0.717) is 5.69 Å². The van der Waals surface area contributed by atoms with E-state index in [-0.39, 0.29) is 12.3 Å². The van der Waals surface area contributed by atoms with Gasteiger partial charge in [-0.3, -0.25) is 4.52 Å². The number of hydrogen-bond acceptors (Lipinski definition) is 3. The van der Waals surface area contributed by atoms with Crippen molar-refractivity contribution in [2.75, 3.05) is 7.04 Å². The van der Waals surface area contributed by atoms with Gasteiger partial charge in [0.2, 0.25) is 5.69 Å². The Bertz CT molecular complexity index is 574. The van der Waals surface area contributed by atoms with Gasteiger partial charge in [0, 0.05) is 19.2 Å². The molecule has 0 aliphatic rings. The van der Waals surface area contributed by atoms with Crippen LogP contribution in [-0.4, -0.2) is 12.3 Å². The summed E-state index contributed by atoms with van der Waals surface area (Å²) in [6.07, 6.45) is 0. The molecule has 0 spiro atoms. The number of para-hydroxylation sites is 1. The number of ether oxygens (including phenoxy) is 1. The number of aromatic amines is 1. The largest absolute Gasteiger partial charge is 0.433 e. The van der Waals surface area contributed by atoms with Crippen LogP contribution in [-0.2, 0) is 11.3 Å². The average molecular weight is 210 g/mol. The molecule has 5 heteroatoms. The van der Waals surface area contributed by atoms with Gasteiger partial charge in [0.05, 0.1) is 4.11 Å². The molecule has 0 saturated heterocycles. The van der Waals surface area contributed by atoms with E-state index in [4.69, 9.17) is 4.11 Å². The quantitative estimate of drug-likeness (QED) is 0.745. The van der Waals surface area contributed by atoms with E-state index in [2.05, 4.69) is 14.5 Å². The lowest BCUT2D eigenvalue weighted by Gasteiger charge is -1.92. The lowest BCUT2D eigenvalue weighted by Crippen LogP contribution is -2.38. The maximum atomic E-state index is 11.4. The third-order valence-corrected chi connectivity index (χ3v) is 1.96. The number of benzene rings is 1. The van der Waals surface area contributed by atoms with Gasteiger partial charge in [-0.05, 0) is 9.95 Å². The minimum Gasteiger partial charge on any atom is -0.373 e. The van der Waals surface area contributed by atoms with E-state index in [1.807, 2.05) is 6.07 Å². The lowest BCUT2D eigenvalue weighted by molar-refractivity contribution is -0.679. The molecule has 0 fully saturated rings. The summed E-state index contributed by atoms with van der Waals surface area (Å²) in [4.78, 5) is 11.4. The van der Waals surface area contributed by atoms with Crippen molar-refractivity contribution in [2.45, 2.75) is 6.61 Å². The number of nitrogens with one attached hydrogen (secondary N) is 1. The van der Waals surface area contributed by atoms with Crippen LogP contribution in [0.4, 0.5) is 0 Å². The average Bonchev–Trinajstić information content (AvgIpc) is 2.68. The number of hydrogen-bond donors (Lipinski definition) is 1. The molecule has 0 unspecified atom stereocenters. The van der Waals surface area contributed by atoms with Crippen molar-refractivity contribution in [1.82, 2.24) is 5.27 Å². The van der Waals surface area contributed by atoms with Gasteiger partial charge in [-0.25, -0.2) is 4.79 Å². The van der Waals surface area contributed by atoms with E-state index in [0.717, 1.165) is 0 Å². The minimum absolute atomic E-state index is 0.0809. The van der Waals surface area contributed by atoms with Crippen molar-refractivity contribution >= 4 is 0 Å². The first-order valence-corrected chi connectivity index (χ1v) is 4.29. The molecule has 1 aromatic heterocycles. The predicted octanol–water partition coefficient (Wildman–Crippen LogP) is 0.391. The van der Waals surface area contributed by atoms with E-state index in [1.165, 1.54) is 4.68 Å². The van der Waals surface area contributed by atoms with Gasteiger partial charge in [0.1, 0.15) is 6.61 Å². The van der Waals surface area contributed by atoms with Gasteiger partial charge in [-0.15, -0.1) is 0 Å². The molecule has 0 radical (unpaired) electrons. The topological polar surface area (TPSA) is 59.1 Å². The highest BCUT2D eigenvalue weighted by Crippen LogP contribution is 1.98. The third kappa shape index (κ3) is 1.82. The van der Waals surface area contributed by atoms with Crippen LogP contribution in [0.2, 0.25) is 0 Å². The molecule has 15 heavy (non-hydrogen) atoms. The Balaban J connectivity index is 2.31. The first-order valence-electron chi connectivity index (χ1n) is 5.79. The second kappa shape index (κ2) is 4.10. The Morgan fingerprint density at radius 3 is 3.07 bits per heavy atom. The van der Waals surface area contributed by atoms with Crippen LogP contribution in [0.25, 0.3) is 5.69 Å². The maximum absolute atomic E-state index is 11.4. The van der Waals surface area contributed by atoms with Crippen LogP contribution in [0.1, 0.15) is 9.81 Å². The van der Waals surface area contributed by atoms with Crippen LogP contribution in [0, 0.1) is 0 Å². The molecule has 2 rings (SSSR count). The standard InChI is InChI=1S/C10H10N2O3/c1-14-7-9-10(13)15-11-12(9)8-5-3-2-4-6-8/h2-6H,7H2,1H3/p+1/i1D3. The highest BCUT2D eigenvalue weighted by molar-refractivity contribution is 5.21. The molecule has 5 nitrogen and oxygen atoms in total. The van der Waals surface area contributed by atoms with Crippen molar-refractivity contribution in [3.8, 4) is 5.69 Å². The zero-order valence-electron chi connectivity index (χ0n) is 10.8. The SMILES string of the molecule is [2H]C([2H])([2H])OCc1c(=O)o[nH][n+]1-c1ccccc1. The highest BCUT2D eigenvalue weighted by atomic mass is 16.5. The molecular formula is C10H11N2O3+. The summed E-state index contributed by atoms with van der Waals surface area (Å²) in [6.45, 7) is -0.364. The van der Waals surface area contributed by atoms with E-state index >= 15 is 0 Å². The van der Waals surface area contributed by atoms with Gasteiger partial charge in [-0.2, -0.15) is 0 Å². The summed E-state index contributed by atoms with van der Waals surface area (Å²) in [5.41, 5.74) is 0.0629. The molecule has 0 saturated carbocycles. The lowest BCUT2D eigenvalue weighted by atomic mass is 10.3. The van der Waals surface area contributed by atoms with Crippen molar-refractivity contribution < 1.29 is 18.1 Å². The molecule has 0 aliphatic carbocycles. The molecule has 0 bridgehead atoms. The van der Waals surface area contributed by atoms with Crippen molar-refractivity contribution in [1.29, 1.82) is 0 Å². The van der Waals surface area contributed by atoms with E-state index in [1.54, 1.807) is 24.3 Å². The number of methoxy groups -OCH3 is 1. The van der Waals surface area contributed by atoms with Gasteiger partial charge < -0.3 is 4.74 Å². The zero-order chi connectivity index (χ0) is 13.2. The van der Waals surface area contributed by atoms with Crippen molar-refractivity contribution in [3.05, 3.63) is 46.4 Å². The zero-order valence-corrected chi connectivity index (χ0v) is 7.77. The minimum atomic E-state index is -2.56. The molecule has 78 valence electrons. The first-order chi connectivity index (χ1) is 8.47. The summed E-state index contributed by atoms with van der Waals surface area (Å²) >= 11 is 0. The fourth-order valence-corrected chi connectivity index (χ4v) is 1.27. The molecule has 1 heterocycles. The molecule has 1 aromatic carbocycles. The number of aromatic nitrogens is 2. The van der Waals surface area contributed by atoms with E-state index in [9.17, 15) is 4.79 Å². The van der Waals surface area contributed by atoms with Gasteiger partial charge in [0.15, 0.2) is 0 Å². The van der Waals surface area contributed by atoms with Gasteiger partial charge in [0.25, 0.3) is 0 Å². The monoisotopic (exact) mass is 210 g/mol. The fourth-order valence-electron chi connectivity index (χ4n) is 1.27. The third-order valence-electron chi connectivity index (χ3n) is 1.96. The normalized spacial score (nSPS) is 14.3. The summed E-state index contributed by atoms with van der Waals surface area (Å²) in [5, 5.41) is 2.39. The fraction of sp³-hybridized carbons (Fsp3) is 0.200. The molecule has 2 aromatic rings. The van der Waals surface area contributed by atoms with E-state index < -0.39 is 12.7 Å². The summed E-state index contributed by atoms with van der Waals surface area (Å²) in [5.74, 6) is 0. The number of nitrogens with zero attached hydrogens (tertiary/aromatic N) is 1. The summed E-state index contributed by atoms with van der Waals surface area (Å²) in [6, 6.07) is 8.86. The van der Waals surface area contributed by atoms with Crippen LogP contribution in [0.15, 0.2) is 39.6 Å². The molecule has 0 amide bonds. The predicted molar refractivity (Wildman–Crippen MR) is 51.6 cm³/mol. The molecule has 1 N–H and O–H groups in total. The van der Waals surface area contributed by atoms with Gasteiger partial charge >= 0.3 is 11.3 Å². The van der Waals surface area contributed by atoms with Gasteiger partial charge in [-0.1, -0.05) is 18.2 Å². The van der Waals surface area contributed by atoms with Crippen LogP contribution < -0.4 is 10.3 Å². The summed E-state index contributed by atoms with van der Waals surface area (Å²) in [7, 11) is -2.56. The molecule has 0 aliphatic heterocycles. The Labute approximate surface area is 90.1 Å². The first kappa shape index (κ1) is 6.58. The second-order valence-corrected chi connectivity index (χ2v) is 2.89. The number of rotatable bonds is 3. The Morgan fingerprint density at radius 1 is 1.53 bits per heavy atom. The van der Waals surface area contributed by atoms with Crippen LogP contribution >= 0.6 is 0 Å². The van der Waals surface area contributed by atoms with Crippen molar-refractivity contribution in [2.24, 2.45) is 0 Å². The smallest absolute Gasteiger partial charge is 0.373 e. The van der Waals surface area contributed by atoms with Crippen molar-refractivity contribution in [3.63, 3.8) is 0 Å². The second-order valence-electron chi connectivity index (χ2n) is 2.89. The Hall–Kier alpha value is -1.88. The highest BCUT2D eigenvalue weighted by Gasteiger charge is 2.22. The van der Waals surface area contributed by atoms with Crippen LogP contribution in [0.5, 0.6) is 0 Å². The Kier molecular flexibility index (Phi) is 1.80. The van der Waals surface area contributed by atoms with Crippen LogP contribution in [0.3, 0.4) is 0 Å². The maximum Gasteiger partial charge on any atom is 0.433 e. The molecule has 0 atom stereocenters. The Morgan fingerprint density at radius 2 is 2.33 bits per heavy atom. The number of H-pyrrole nitrogens is 1. The summed E-state index contributed by atoms with van der Waals surface area (Å²) < 4.78 is 31.4. The molecular weight excluding hydrogens is 196 g/mol.